The summed E-state index contributed by atoms with van der Waals surface area (Å²) in [5.74, 6) is -0.0928. The highest BCUT2D eigenvalue weighted by Gasteiger charge is 2.31. The zero-order valence-corrected chi connectivity index (χ0v) is 17.4. The Morgan fingerprint density at radius 2 is 1.94 bits per heavy atom. The maximum atomic E-state index is 12.8. The second kappa shape index (κ2) is 8.85. The van der Waals surface area contributed by atoms with Gasteiger partial charge in [-0.2, -0.15) is 13.2 Å². The third-order valence-corrected chi connectivity index (χ3v) is 5.16. The molecule has 11 heteroatoms. The van der Waals surface area contributed by atoms with Gasteiger partial charge in [-0.1, -0.05) is 18.2 Å². The van der Waals surface area contributed by atoms with Gasteiger partial charge in [0.2, 0.25) is 0 Å². The molecule has 0 saturated carbocycles. The van der Waals surface area contributed by atoms with Crippen LogP contribution >= 0.6 is 0 Å². The van der Waals surface area contributed by atoms with Crippen molar-refractivity contribution in [1.82, 2.24) is 19.9 Å². The third-order valence-electron chi connectivity index (χ3n) is 5.16. The van der Waals surface area contributed by atoms with Crippen molar-refractivity contribution < 1.29 is 23.1 Å². The van der Waals surface area contributed by atoms with E-state index in [1.54, 1.807) is 6.33 Å². The number of hydrogen-bond donors (Lipinski definition) is 4. The maximum Gasteiger partial charge on any atom is 0.416 e. The number of nitrogens with one attached hydrogen (secondary N) is 2. The molecule has 0 bridgehead atoms. The number of halogens is 3. The van der Waals surface area contributed by atoms with Crippen LogP contribution < -0.4 is 16.4 Å². The van der Waals surface area contributed by atoms with Crippen LogP contribution in [0.25, 0.3) is 21.9 Å². The van der Waals surface area contributed by atoms with Crippen LogP contribution in [0.2, 0.25) is 0 Å². The van der Waals surface area contributed by atoms with E-state index in [9.17, 15) is 23.1 Å². The van der Waals surface area contributed by atoms with Crippen LogP contribution in [0.15, 0.2) is 48.8 Å². The number of benzene rings is 2. The number of unbranched alkanes of at least 4 members (excludes halogenated alkanes) is 1. The first kappa shape index (κ1) is 22.2. The minimum absolute atomic E-state index is 0.294. The molecule has 0 radical (unpaired) electrons. The van der Waals surface area contributed by atoms with E-state index in [0.29, 0.717) is 43.3 Å². The van der Waals surface area contributed by atoms with Crippen LogP contribution in [0.4, 0.5) is 29.5 Å². The number of aromatic nitrogens is 3. The quantitative estimate of drug-likeness (QED) is 0.251. The number of pyridine rings is 1. The summed E-state index contributed by atoms with van der Waals surface area (Å²) in [5, 5.41) is 15.5. The Balaban J connectivity index is 1.33. The van der Waals surface area contributed by atoms with Gasteiger partial charge in [-0.25, -0.2) is 14.8 Å². The number of aryl methyl sites for hydroxylation is 1. The van der Waals surface area contributed by atoms with Gasteiger partial charge in [-0.3, -0.25) is 0 Å². The Morgan fingerprint density at radius 3 is 2.73 bits per heavy atom. The smallest absolute Gasteiger partial charge is 0.416 e. The van der Waals surface area contributed by atoms with Crippen molar-refractivity contribution in [2.45, 2.75) is 25.6 Å². The van der Waals surface area contributed by atoms with Crippen molar-refractivity contribution in [2.75, 3.05) is 17.6 Å². The topological polar surface area (TPSA) is 118 Å². The summed E-state index contributed by atoms with van der Waals surface area (Å²) in [5.41, 5.74) is 7.05. The van der Waals surface area contributed by atoms with Gasteiger partial charge in [0.15, 0.2) is 5.82 Å². The summed E-state index contributed by atoms with van der Waals surface area (Å²) < 4.78 is 40.4. The number of nitrogens with two attached hydrogens (primary N) is 1. The number of rotatable bonds is 6. The molecule has 0 spiro atoms. The molecule has 2 amide bonds. The number of hydrogen-bond acceptors (Lipinski definition) is 5. The summed E-state index contributed by atoms with van der Waals surface area (Å²) in [6.45, 7) is 0.921. The van der Waals surface area contributed by atoms with Crippen molar-refractivity contribution in [3.63, 3.8) is 0 Å². The molecule has 172 valence electrons. The molecular weight excluding hydrogens is 437 g/mol. The number of carbonyl (C=O) groups is 1. The number of nitrogen functional groups attached to an aromatic ring is 1. The maximum absolute atomic E-state index is 12.8. The van der Waals surface area contributed by atoms with E-state index in [1.807, 2.05) is 28.8 Å². The Bertz CT molecular complexity index is 1320. The predicted molar refractivity (Wildman–Crippen MR) is 119 cm³/mol. The number of para-hydroxylation sites is 1. The van der Waals surface area contributed by atoms with Gasteiger partial charge in [0.25, 0.3) is 0 Å². The first-order chi connectivity index (χ1) is 15.7. The number of fused-ring (bicyclic) bond motifs is 3. The molecule has 0 unspecified atom stereocenters. The number of urea groups is 1. The molecule has 0 fully saturated rings. The molecule has 2 aromatic carbocycles. The molecule has 0 aliphatic heterocycles. The molecular formula is C22H21F3N6O2. The van der Waals surface area contributed by atoms with Crippen molar-refractivity contribution in [2.24, 2.45) is 0 Å². The number of nitrogens with zero attached hydrogens (tertiary/aromatic N) is 3. The zero-order valence-electron chi connectivity index (χ0n) is 17.4. The molecule has 2 aromatic heterocycles. The van der Waals surface area contributed by atoms with E-state index in [1.165, 1.54) is 0 Å². The molecule has 0 aliphatic rings. The number of imidazole rings is 1. The molecule has 4 rings (SSSR count). The van der Waals surface area contributed by atoms with Gasteiger partial charge in [0.05, 0.1) is 28.6 Å². The normalized spacial score (nSPS) is 11.7. The van der Waals surface area contributed by atoms with Gasteiger partial charge in [0, 0.05) is 18.5 Å². The van der Waals surface area contributed by atoms with Gasteiger partial charge in [0.1, 0.15) is 11.3 Å². The lowest BCUT2D eigenvalue weighted by Gasteiger charge is -2.12. The van der Waals surface area contributed by atoms with Crippen molar-refractivity contribution >= 4 is 39.5 Å². The van der Waals surface area contributed by atoms with Crippen LogP contribution in [-0.2, 0) is 12.7 Å². The molecule has 0 aliphatic carbocycles. The average molecular weight is 458 g/mol. The monoisotopic (exact) mass is 458 g/mol. The number of aromatic hydroxyl groups is 1. The average Bonchev–Trinajstić information content (AvgIpc) is 3.19. The van der Waals surface area contributed by atoms with E-state index in [-0.39, 0.29) is 5.69 Å². The molecule has 0 saturated heterocycles. The number of alkyl halides is 3. The molecule has 33 heavy (non-hydrogen) atoms. The minimum atomic E-state index is -4.58. The van der Waals surface area contributed by atoms with Crippen molar-refractivity contribution in [3.8, 4) is 5.75 Å². The van der Waals surface area contributed by atoms with E-state index >= 15 is 0 Å². The third kappa shape index (κ3) is 4.76. The van der Waals surface area contributed by atoms with E-state index in [4.69, 9.17) is 5.73 Å². The van der Waals surface area contributed by atoms with Gasteiger partial charge >= 0.3 is 12.2 Å². The number of amides is 2. The molecule has 5 N–H and O–H groups in total. The Hall–Kier alpha value is -4.02. The summed E-state index contributed by atoms with van der Waals surface area (Å²) in [7, 11) is 0. The lowest BCUT2D eigenvalue weighted by molar-refractivity contribution is -0.137. The van der Waals surface area contributed by atoms with Gasteiger partial charge in [-0.15, -0.1) is 0 Å². The van der Waals surface area contributed by atoms with E-state index < -0.39 is 23.5 Å². The summed E-state index contributed by atoms with van der Waals surface area (Å²) in [4.78, 5) is 20.8. The summed E-state index contributed by atoms with van der Waals surface area (Å²) >= 11 is 0. The first-order valence-electron chi connectivity index (χ1n) is 10.2. The fourth-order valence-corrected chi connectivity index (χ4v) is 3.56. The Morgan fingerprint density at radius 1 is 1.15 bits per heavy atom. The highest BCUT2D eigenvalue weighted by Crippen LogP contribution is 2.34. The highest BCUT2D eigenvalue weighted by atomic mass is 19.4. The second-order valence-corrected chi connectivity index (χ2v) is 7.47. The largest absolute Gasteiger partial charge is 0.506 e. The second-order valence-electron chi connectivity index (χ2n) is 7.47. The van der Waals surface area contributed by atoms with E-state index in [0.717, 1.165) is 28.6 Å². The van der Waals surface area contributed by atoms with Crippen LogP contribution in [0.3, 0.4) is 0 Å². The number of anilines is 2. The molecule has 4 aromatic rings. The van der Waals surface area contributed by atoms with Crippen molar-refractivity contribution in [1.29, 1.82) is 0 Å². The van der Waals surface area contributed by atoms with Gasteiger partial charge in [-0.05, 0) is 37.1 Å². The van der Waals surface area contributed by atoms with Crippen LogP contribution in [0.1, 0.15) is 18.4 Å². The predicted octanol–water partition coefficient (Wildman–Crippen LogP) is 4.49. The number of phenols is 1. The lowest BCUT2D eigenvalue weighted by Crippen LogP contribution is -2.29. The van der Waals surface area contributed by atoms with Crippen LogP contribution in [-0.4, -0.2) is 32.2 Å². The highest BCUT2D eigenvalue weighted by molar-refractivity contribution is 6.06. The lowest BCUT2D eigenvalue weighted by atomic mass is 10.2. The molecule has 8 nitrogen and oxygen atoms in total. The standard InChI is InChI=1S/C22H21F3N6O2/c23-22(24,25)13-7-8-17(32)16(11-13)30-21(33)27-9-3-4-10-31-12-28-18-19(31)14-5-1-2-6-15(14)29-20(18)26/h1-2,5-8,11-12,32H,3-4,9-10H2,(H2,26,29)(H2,27,30,33). The minimum Gasteiger partial charge on any atom is -0.506 e. The Kier molecular flexibility index (Phi) is 5.95. The van der Waals surface area contributed by atoms with Gasteiger partial charge < -0.3 is 26.0 Å². The summed E-state index contributed by atoms with van der Waals surface area (Å²) in [6.07, 6.45) is -1.56. The Labute approximate surface area is 186 Å². The SMILES string of the molecule is Nc1nc2ccccc2c2c1ncn2CCCCNC(=O)Nc1cc(C(F)(F)F)ccc1O. The number of carbonyl (C=O) groups excluding carboxylic acids is 1. The van der Waals surface area contributed by atoms with Crippen LogP contribution in [0.5, 0.6) is 5.75 Å². The summed E-state index contributed by atoms with van der Waals surface area (Å²) in [6, 6.07) is 9.25. The van der Waals surface area contributed by atoms with E-state index in [2.05, 4.69) is 20.6 Å². The van der Waals surface area contributed by atoms with Crippen LogP contribution in [0, 0.1) is 0 Å². The molecule has 0 atom stereocenters. The van der Waals surface area contributed by atoms with Crippen molar-refractivity contribution in [3.05, 3.63) is 54.4 Å². The fraction of sp³-hybridized carbons (Fsp3) is 0.227. The fourth-order valence-electron chi connectivity index (χ4n) is 3.56. The first-order valence-corrected chi connectivity index (χ1v) is 10.2. The zero-order chi connectivity index (χ0) is 23.6. The molecule has 2 heterocycles. The number of phenolic OH excluding ortho intramolecular Hbond substituents is 1.